The number of rotatable bonds is 4. The molecule has 1 heterocycles. The molecule has 0 amide bonds. The number of hydrogen-bond acceptors (Lipinski definition) is 2. The van der Waals surface area contributed by atoms with Gasteiger partial charge in [-0.3, -0.25) is 0 Å². The highest BCUT2D eigenvalue weighted by atomic mass is 16.6. The van der Waals surface area contributed by atoms with Crippen LogP contribution in [0.4, 0.5) is 0 Å². The number of ether oxygens (including phenoxy) is 2. The van der Waals surface area contributed by atoms with Crippen molar-refractivity contribution in [2.45, 2.75) is 50.9 Å². The Kier molecular flexibility index (Phi) is 4.54. The van der Waals surface area contributed by atoms with E-state index in [9.17, 15) is 0 Å². The highest BCUT2D eigenvalue weighted by Crippen LogP contribution is 2.35. The van der Waals surface area contributed by atoms with E-state index in [0.717, 1.165) is 5.57 Å². The third-order valence-corrected chi connectivity index (χ3v) is 4.55. The lowest BCUT2D eigenvalue weighted by atomic mass is 9.83. The maximum atomic E-state index is 6.14. The molecule has 0 radical (unpaired) electrons. The second-order valence-corrected chi connectivity index (χ2v) is 6.05. The molecular weight excluding hydrogens is 248 g/mol. The van der Waals surface area contributed by atoms with E-state index in [1.807, 2.05) is 6.07 Å². The molecule has 1 saturated carbocycles. The van der Waals surface area contributed by atoms with Gasteiger partial charge >= 0.3 is 0 Å². The van der Waals surface area contributed by atoms with Crippen molar-refractivity contribution in [2.75, 3.05) is 6.61 Å². The predicted molar refractivity (Wildman–Crippen MR) is 80.5 cm³/mol. The van der Waals surface area contributed by atoms with Crippen LogP contribution in [0.3, 0.4) is 0 Å². The normalized spacial score (nSPS) is 27.9. The Bertz CT molecular complexity index is 434. The average Bonchev–Trinajstić information content (AvgIpc) is 2.88. The Hall–Kier alpha value is -1.12. The van der Waals surface area contributed by atoms with Gasteiger partial charge in [0.25, 0.3) is 0 Å². The van der Waals surface area contributed by atoms with Gasteiger partial charge in [0.1, 0.15) is 6.10 Å². The van der Waals surface area contributed by atoms with Crippen molar-refractivity contribution in [3.05, 3.63) is 48.0 Å². The van der Waals surface area contributed by atoms with Gasteiger partial charge in [-0.2, -0.15) is 0 Å². The lowest BCUT2D eigenvalue weighted by Crippen LogP contribution is -2.34. The molecule has 1 aliphatic carbocycles. The molecule has 2 fully saturated rings. The standard InChI is InChI=1S/C18H24O2/c1-14-12-19-18(16-10-6-3-7-11-16)17(14)20-13-15-8-4-2-5-9-15/h2,4-5,8-9,16-18H,1,3,6-7,10-13H2/t17-,18+/m0/s1. The summed E-state index contributed by atoms with van der Waals surface area (Å²) < 4.78 is 12.1. The van der Waals surface area contributed by atoms with E-state index in [2.05, 4.69) is 30.8 Å². The van der Waals surface area contributed by atoms with Crippen LogP contribution in [0.1, 0.15) is 37.7 Å². The Morgan fingerprint density at radius 3 is 2.60 bits per heavy atom. The van der Waals surface area contributed by atoms with Gasteiger partial charge in [-0.1, -0.05) is 56.2 Å². The van der Waals surface area contributed by atoms with Crippen molar-refractivity contribution in [3.8, 4) is 0 Å². The zero-order valence-corrected chi connectivity index (χ0v) is 12.1. The van der Waals surface area contributed by atoms with Crippen molar-refractivity contribution in [1.82, 2.24) is 0 Å². The second-order valence-electron chi connectivity index (χ2n) is 6.05. The fraction of sp³-hybridized carbons (Fsp3) is 0.556. The van der Waals surface area contributed by atoms with E-state index in [1.54, 1.807) is 0 Å². The molecule has 0 aromatic heterocycles. The van der Waals surface area contributed by atoms with Gasteiger partial charge in [-0.05, 0) is 29.9 Å². The minimum absolute atomic E-state index is 0.0818. The molecule has 0 spiro atoms. The zero-order valence-electron chi connectivity index (χ0n) is 12.1. The topological polar surface area (TPSA) is 18.5 Å². The van der Waals surface area contributed by atoms with E-state index >= 15 is 0 Å². The van der Waals surface area contributed by atoms with Gasteiger partial charge in [0.2, 0.25) is 0 Å². The van der Waals surface area contributed by atoms with Crippen LogP contribution < -0.4 is 0 Å². The second kappa shape index (κ2) is 6.55. The molecule has 1 aromatic carbocycles. The minimum atomic E-state index is 0.0818. The van der Waals surface area contributed by atoms with Gasteiger partial charge in [0.15, 0.2) is 0 Å². The third kappa shape index (κ3) is 3.13. The van der Waals surface area contributed by atoms with Gasteiger partial charge in [0, 0.05) is 0 Å². The third-order valence-electron chi connectivity index (χ3n) is 4.55. The molecule has 2 aliphatic rings. The van der Waals surface area contributed by atoms with E-state index in [0.29, 0.717) is 19.1 Å². The van der Waals surface area contributed by atoms with Crippen molar-refractivity contribution in [1.29, 1.82) is 0 Å². The fourth-order valence-corrected chi connectivity index (χ4v) is 3.42. The summed E-state index contributed by atoms with van der Waals surface area (Å²) in [6, 6.07) is 10.4. The summed E-state index contributed by atoms with van der Waals surface area (Å²) >= 11 is 0. The molecular formula is C18H24O2. The van der Waals surface area contributed by atoms with Crippen LogP contribution in [0.25, 0.3) is 0 Å². The van der Waals surface area contributed by atoms with Gasteiger partial charge < -0.3 is 9.47 Å². The van der Waals surface area contributed by atoms with Gasteiger partial charge in [-0.25, -0.2) is 0 Å². The van der Waals surface area contributed by atoms with Crippen molar-refractivity contribution in [2.24, 2.45) is 5.92 Å². The first kappa shape index (κ1) is 13.8. The molecule has 3 rings (SSSR count). The molecule has 1 aliphatic heterocycles. The molecule has 0 bridgehead atoms. The summed E-state index contributed by atoms with van der Waals surface area (Å²) in [5, 5.41) is 0. The molecule has 0 unspecified atom stereocenters. The fourth-order valence-electron chi connectivity index (χ4n) is 3.42. The number of benzene rings is 1. The summed E-state index contributed by atoms with van der Waals surface area (Å²) in [6.45, 7) is 5.46. The van der Waals surface area contributed by atoms with Crippen molar-refractivity contribution < 1.29 is 9.47 Å². The van der Waals surface area contributed by atoms with Crippen LogP contribution in [0.15, 0.2) is 42.5 Å². The van der Waals surface area contributed by atoms with Crippen LogP contribution in [0.2, 0.25) is 0 Å². The van der Waals surface area contributed by atoms with E-state index in [4.69, 9.17) is 9.47 Å². The van der Waals surface area contributed by atoms with Crippen molar-refractivity contribution in [3.63, 3.8) is 0 Å². The maximum absolute atomic E-state index is 6.14. The van der Waals surface area contributed by atoms with Crippen molar-refractivity contribution >= 4 is 0 Å². The van der Waals surface area contributed by atoms with Crippen LogP contribution in [0.5, 0.6) is 0 Å². The molecule has 2 atom stereocenters. The monoisotopic (exact) mass is 272 g/mol. The quantitative estimate of drug-likeness (QED) is 0.768. The Morgan fingerprint density at radius 1 is 1.10 bits per heavy atom. The first-order valence-corrected chi connectivity index (χ1v) is 7.79. The summed E-state index contributed by atoms with van der Waals surface area (Å²) in [7, 11) is 0. The van der Waals surface area contributed by atoms with Crippen LogP contribution >= 0.6 is 0 Å². The maximum Gasteiger partial charge on any atom is 0.107 e. The zero-order chi connectivity index (χ0) is 13.8. The SMILES string of the molecule is C=C1CO[C@H](C2CCCCC2)[C@H]1OCc1ccccc1. The lowest BCUT2D eigenvalue weighted by molar-refractivity contribution is -0.0459. The molecule has 2 heteroatoms. The summed E-state index contributed by atoms with van der Waals surface area (Å²) in [5.74, 6) is 0.656. The van der Waals surface area contributed by atoms with Crippen LogP contribution in [0, 0.1) is 5.92 Å². The van der Waals surface area contributed by atoms with Crippen LogP contribution in [-0.2, 0) is 16.1 Å². The molecule has 2 nitrogen and oxygen atoms in total. The molecule has 1 aromatic rings. The van der Waals surface area contributed by atoms with Gasteiger partial charge in [-0.15, -0.1) is 0 Å². The highest BCUT2D eigenvalue weighted by Gasteiger charge is 2.38. The minimum Gasteiger partial charge on any atom is -0.370 e. The van der Waals surface area contributed by atoms with E-state index in [-0.39, 0.29) is 12.2 Å². The van der Waals surface area contributed by atoms with E-state index in [1.165, 1.54) is 37.7 Å². The first-order chi connectivity index (χ1) is 9.84. The molecule has 0 N–H and O–H groups in total. The molecule has 20 heavy (non-hydrogen) atoms. The Labute approximate surface area is 121 Å². The number of hydrogen-bond donors (Lipinski definition) is 0. The smallest absolute Gasteiger partial charge is 0.107 e. The van der Waals surface area contributed by atoms with Crippen LogP contribution in [-0.4, -0.2) is 18.8 Å². The summed E-state index contributed by atoms with van der Waals surface area (Å²) in [6.07, 6.45) is 6.92. The molecule has 108 valence electrons. The van der Waals surface area contributed by atoms with E-state index < -0.39 is 0 Å². The first-order valence-electron chi connectivity index (χ1n) is 7.79. The Morgan fingerprint density at radius 2 is 1.85 bits per heavy atom. The van der Waals surface area contributed by atoms with Gasteiger partial charge in [0.05, 0.1) is 19.3 Å². The lowest BCUT2D eigenvalue weighted by Gasteiger charge is -2.30. The summed E-state index contributed by atoms with van der Waals surface area (Å²) in [5.41, 5.74) is 2.33. The highest BCUT2D eigenvalue weighted by molar-refractivity contribution is 5.16. The summed E-state index contributed by atoms with van der Waals surface area (Å²) in [4.78, 5) is 0. The Balaban J connectivity index is 1.61. The molecule has 1 saturated heterocycles. The predicted octanol–water partition coefficient (Wildman–Crippen LogP) is 4.11. The largest absolute Gasteiger partial charge is 0.370 e. The average molecular weight is 272 g/mol.